The lowest BCUT2D eigenvalue weighted by Gasteiger charge is -2.32. The van der Waals surface area contributed by atoms with Crippen molar-refractivity contribution in [3.8, 4) is 0 Å². The zero-order valence-corrected chi connectivity index (χ0v) is 14.0. The summed E-state index contributed by atoms with van der Waals surface area (Å²) in [5.74, 6) is 0.676. The van der Waals surface area contributed by atoms with Gasteiger partial charge in [0, 0.05) is 35.1 Å². The molecule has 0 spiro atoms. The molecule has 0 radical (unpaired) electrons. The van der Waals surface area contributed by atoms with Crippen LogP contribution in [-0.4, -0.2) is 19.0 Å². The summed E-state index contributed by atoms with van der Waals surface area (Å²) >= 11 is 5.92. The molecule has 1 saturated heterocycles. The highest BCUT2D eigenvalue weighted by atomic mass is 35.5. The van der Waals surface area contributed by atoms with Crippen LogP contribution < -0.4 is 10.2 Å². The minimum atomic E-state index is -0.146. The van der Waals surface area contributed by atoms with Gasteiger partial charge in [0.2, 0.25) is 0 Å². The molecule has 1 aliphatic heterocycles. The highest BCUT2D eigenvalue weighted by Gasteiger charge is 2.16. The molecular formula is C19H21ClN2O. The van der Waals surface area contributed by atoms with E-state index in [-0.39, 0.29) is 5.91 Å². The normalized spacial score (nSPS) is 15.5. The molecule has 3 nitrogen and oxygen atoms in total. The Kier molecular flexibility index (Phi) is 4.87. The summed E-state index contributed by atoms with van der Waals surface area (Å²) in [6.45, 7) is 4.52. The van der Waals surface area contributed by atoms with Gasteiger partial charge in [-0.15, -0.1) is 0 Å². The fourth-order valence-electron chi connectivity index (χ4n) is 2.86. The predicted octanol–water partition coefficient (Wildman–Crippen LogP) is 4.83. The lowest BCUT2D eigenvalue weighted by Crippen LogP contribution is -2.32. The number of amides is 1. The van der Waals surface area contributed by atoms with Crippen molar-refractivity contribution in [2.75, 3.05) is 23.3 Å². The third-order valence-electron chi connectivity index (χ3n) is 4.36. The van der Waals surface area contributed by atoms with Gasteiger partial charge in [-0.25, -0.2) is 0 Å². The van der Waals surface area contributed by atoms with Gasteiger partial charge in [-0.2, -0.15) is 0 Å². The van der Waals surface area contributed by atoms with Crippen molar-refractivity contribution < 1.29 is 4.79 Å². The van der Waals surface area contributed by atoms with Crippen LogP contribution in [0.25, 0.3) is 0 Å². The molecule has 1 fully saturated rings. The van der Waals surface area contributed by atoms with E-state index in [1.807, 2.05) is 12.1 Å². The highest BCUT2D eigenvalue weighted by Crippen LogP contribution is 2.24. The van der Waals surface area contributed by atoms with Crippen molar-refractivity contribution in [3.05, 3.63) is 59.1 Å². The molecule has 2 aromatic carbocycles. The molecule has 0 bridgehead atoms. The van der Waals surface area contributed by atoms with E-state index in [9.17, 15) is 4.79 Å². The van der Waals surface area contributed by atoms with Crippen molar-refractivity contribution in [2.45, 2.75) is 19.8 Å². The van der Waals surface area contributed by atoms with Gasteiger partial charge in [0.25, 0.3) is 5.91 Å². The summed E-state index contributed by atoms with van der Waals surface area (Å²) in [7, 11) is 0. The first-order chi connectivity index (χ1) is 11.1. The number of hydrogen-bond donors (Lipinski definition) is 1. The maximum absolute atomic E-state index is 12.2. The molecule has 1 amide bonds. The van der Waals surface area contributed by atoms with Gasteiger partial charge in [-0.1, -0.05) is 24.6 Å². The van der Waals surface area contributed by atoms with Crippen LogP contribution in [0.3, 0.4) is 0 Å². The van der Waals surface area contributed by atoms with Crippen LogP contribution >= 0.6 is 11.6 Å². The van der Waals surface area contributed by atoms with Crippen LogP contribution in [0, 0.1) is 5.92 Å². The van der Waals surface area contributed by atoms with Gasteiger partial charge in [0.05, 0.1) is 0 Å². The molecule has 0 atom stereocenters. The quantitative estimate of drug-likeness (QED) is 0.875. The first-order valence-corrected chi connectivity index (χ1v) is 8.41. The molecule has 0 saturated carbocycles. The number of nitrogens with zero attached hydrogens (tertiary/aromatic N) is 1. The second kappa shape index (κ2) is 7.05. The van der Waals surface area contributed by atoms with Crippen molar-refractivity contribution in [1.29, 1.82) is 0 Å². The molecule has 120 valence electrons. The predicted molar refractivity (Wildman–Crippen MR) is 96.5 cm³/mol. The van der Waals surface area contributed by atoms with E-state index in [1.54, 1.807) is 24.3 Å². The maximum Gasteiger partial charge on any atom is 0.255 e. The number of rotatable bonds is 3. The lowest BCUT2D eigenvalue weighted by molar-refractivity contribution is 0.102. The lowest BCUT2D eigenvalue weighted by atomic mass is 9.99. The van der Waals surface area contributed by atoms with Gasteiger partial charge in [0.1, 0.15) is 0 Å². The molecular weight excluding hydrogens is 308 g/mol. The summed E-state index contributed by atoms with van der Waals surface area (Å²) in [5, 5.41) is 3.47. The van der Waals surface area contributed by atoms with Gasteiger partial charge in [-0.05, 0) is 61.2 Å². The number of benzene rings is 2. The minimum Gasteiger partial charge on any atom is -0.372 e. The topological polar surface area (TPSA) is 32.3 Å². The van der Waals surface area contributed by atoms with Gasteiger partial charge >= 0.3 is 0 Å². The fraction of sp³-hybridized carbons (Fsp3) is 0.316. The van der Waals surface area contributed by atoms with Gasteiger partial charge in [0.15, 0.2) is 0 Å². The smallest absolute Gasteiger partial charge is 0.255 e. The molecule has 3 rings (SSSR count). The zero-order chi connectivity index (χ0) is 16.2. The molecule has 1 heterocycles. The Hall–Kier alpha value is -2.00. The van der Waals surface area contributed by atoms with E-state index >= 15 is 0 Å². The van der Waals surface area contributed by atoms with Crippen LogP contribution in [0.15, 0.2) is 48.5 Å². The third kappa shape index (κ3) is 4.05. The second-order valence-corrected chi connectivity index (χ2v) is 6.62. The molecule has 4 heteroatoms. The van der Waals surface area contributed by atoms with Crippen molar-refractivity contribution in [3.63, 3.8) is 0 Å². The summed E-state index contributed by atoms with van der Waals surface area (Å²) in [4.78, 5) is 14.6. The average molecular weight is 329 g/mol. The van der Waals surface area contributed by atoms with E-state index in [4.69, 9.17) is 11.6 Å². The van der Waals surface area contributed by atoms with E-state index in [2.05, 4.69) is 29.3 Å². The minimum absolute atomic E-state index is 0.146. The summed E-state index contributed by atoms with van der Waals surface area (Å²) in [6.07, 6.45) is 2.49. The molecule has 2 aromatic rings. The number of piperidine rings is 1. The Morgan fingerprint density at radius 3 is 2.48 bits per heavy atom. The fourth-order valence-corrected chi connectivity index (χ4v) is 3.05. The zero-order valence-electron chi connectivity index (χ0n) is 13.3. The van der Waals surface area contributed by atoms with Gasteiger partial charge < -0.3 is 10.2 Å². The number of hydrogen-bond acceptors (Lipinski definition) is 2. The molecule has 1 N–H and O–H groups in total. The average Bonchev–Trinajstić information content (AvgIpc) is 2.56. The summed E-state index contributed by atoms with van der Waals surface area (Å²) in [6, 6.07) is 15.0. The molecule has 0 aliphatic carbocycles. The van der Waals surface area contributed by atoms with E-state index in [1.165, 1.54) is 18.5 Å². The largest absolute Gasteiger partial charge is 0.372 e. The Balaban J connectivity index is 1.64. The van der Waals surface area contributed by atoms with Crippen LogP contribution in [0.5, 0.6) is 0 Å². The summed E-state index contributed by atoms with van der Waals surface area (Å²) < 4.78 is 0. The standard InChI is InChI=1S/C19H21ClN2O/c1-14-9-11-22(12-10-14)18-7-5-17(6-8-18)21-19(23)15-3-2-4-16(20)13-15/h2-8,13-14H,9-12H2,1H3,(H,21,23). The van der Waals surface area contributed by atoms with Crippen molar-refractivity contribution >= 4 is 28.9 Å². The highest BCUT2D eigenvalue weighted by molar-refractivity contribution is 6.31. The maximum atomic E-state index is 12.2. The number of carbonyl (C=O) groups is 1. The number of nitrogens with one attached hydrogen (secondary N) is 1. The first-order valence-electron chi connectivity index (χ1n) is 8.04. The number of halogens is 1. The Bertz CT molecular complexity index is 676. The molecule has 0 unspecified atom stereocenters. The number of anilines is 2. The van der Waals surface area contributed by atoms with E-state index in [0.717, 1.165) is 24.7 Å². The van der Waals surface area contributed by atoms with Crippen LogP contribution in [0.4, 0.5) is 11.4 Å². The monoisotopic (exact) mass is 328 g/mol. The molecule has 0 aromatic heterocycles. The van der Waals surface area contributed by atoms with E-state index in [0.29, 0.717) is 10.6 Å². The van der Waals surface area contributed by atoms with Crippen molar-refractivity contribution in [2.24, 2.45) is 5.92 Å². The second-order valence-electron chi connectivity index (χ2n) is 6.18. The van der Waals surface area contributed by atoms with Crippen LogP contribution in [0.2, 0.25) is 5.02 Å². The number of carbonyl (C=O) groups excluding carboxylic acids is 1. The Morgan fingerprint density at radius 2 is 1.83 bits per heavy atom. The Morgan fingerprint density at radius 1 is 1.13 bits per heavy atom. The van der Waals surface area contributed by atoms with Gasteiger partial charge in [-0.3, -0.25) is 4.79 Å². The Labute approximate surface area is 142 Å². The first kappa shape index (κ1) is 15.9. The van der Waals surface area contributed by atoms with Crippen molar-refractivity contribution in [1.82, 2.24) is 0 Å². The summed E-state index contributed by atoms with van der Waals surface area (Å²) in [5.41, 5.74) is 2.58. The molecule has 1 aliphatic rings. The molecule has 23 heavy (non-hydrogen) atoms. The van der Waals surface area contributed by atoms with Crippen LogP contribution in [-0.2, 0) is 0 Å². The third-order valence-corrected chi connectivity index (χ3v) is 4.60. The van der Waals surface area contributed by atoms with E-state index < -0.39 is 0 Å². The SMILES string of the molecule is CC1CCN(c2ccc(NC(=O)c3cccc(Cl)c3)cc2)CC1. The van der Waals surface area contributed by atoms with Crippen LogP contribution in [0.1, 0.15) is 30.1 Å².